The Morgan fingerprint density at radius 3 is 2.95 bits per heavy atom. The summed E-state index contributed by atoms with van der Waals surface area (Å²) in [7, 11) is 0. The third-order valence-corrected chi connectivity index (χ3v) is 4.17. The van der Waals surface area contributed by atoms with Crippen LogP contribution in [0.4, 0.5) is 0 Å². The molecule has 2 unspecified atom stereocenters. The fourth-order valence-electron chi connectivity index (χ4n) is 2.23. The van der Waals surface area contributed by atoms with E-state index in [2.05, 4.69) is 10.6 Å². The molecule has 1 aromatic rings. The molecular weight excluding hydrogens is 276 g/mol. The molecule has 2 amide bonds. The number of amides is 2. The first-order valence-corrected chi connectivity index (χ1v) is 7.71. The fraction of sp³-hybridized carbons (Fsp3) is 0.429. The second-order valence-corrected chi connectivity index (χ2v) is 5.50. The summed E-state index contributed by atoms with van der Waals surface area (Å²) in [4.78, 5) is 24.8. The number of carbonyl (C=O) groups is 2. The van der Waals surface area contributed by atoms with Crippen LogP contribution >= 0.6 is 11.8 Å². The van der Waals surface area contributed by atoms with Crippen LogP contribution in [0.25, 0.3) is 0 Å². The van der Waals surface area contributed by atoms with Crippen LogP contribution in [0.2, 0.25) is 0 Å². The second-order valence-electron chi connectivity index (χ2n) is 4.65. The zero-order valence-corrected chi connectivity index (χ0v) is 12.1. The zero-order valence-electron chi connectivity index (χ0n) is 11.3. The Balaban J connectivity index is 1.99. The van der Waals surface area contributed by atoms with Crippen molar-refractivity contribution < 1.29 is 14.7 Å². The summed E-state index contributed by atoms with van der Waals surface area (Å²) in [5.41, 5.74) is 0.999. The van der Waals surface area contributed by atoms with Gasteiger partial charge in [0.15, 0.2) is 0 Å². The first-order valence-electron chi connectivity index (χ1n) is 6.49. The summed E-state index contributed by atoms with van der Waals surface area (Å²) >= 11 is 1.60. The highest BCUT2D eigenvalue weighted by Crippen LogP contribution is 2.20. The van der Waals surface area contributed by atoms with Crippen LogP contribution in [0.5, 0.6) is 0 Å². The minimum atomic E-state index is -1.01. The van der Waals surface area contributed by atoms with Crippen LogP contribution in [-0.4, -0.2) is 35.8 Å². The summed E-state index contributed by atoms with van der Waals surface area (Å²) in [5.74, 6) is -1.84. The number of thioether (sulfide) groups is 1. The van der Waals surface area contributed by atoms with E-state index >= 15 is 0 Å². The van der Waals surface area contributed by atoms with Crippen molar-refractivity contribution in [1.82, 2.24) is 10.6 Å². The van der Waals surface area contributed by atoms with E-state index in [0.29, 0.717) is 19.5 Å². The van der Waals surface area contributed by atoms with Crippen molar-refractivity contribution in [3.8, 4) is 0 Å². The van der Waals surface area contributed by atoms with Crippen molar-refractivity contribution in [1.29, 1.82) is 0 Å². The summed E-state index contributed by atoms with van der Waals surface area (Å²) in [6, 6.07) is 7.76. The molecule has 2 atom stereocenters. The van der Waals surface area contributed by atoms with Gasteiger partial charge in [0.2, 0.25) is 11.8 Å². The minimum Gasteiger partial charge on any atom is -0.392 e. The highest BCUT2D eigenvalue weighted by atomic mass is 32.2. The average molecular weight is 294 g/mol. The summed E-state index contributed by atoms with van der Waals surface area (Å²) in [6.45, 7) is 0.769. The zero-order chi connectivity index (χ0) is 14.5. The second kappa shape index (κ2) is 6.76. The largest absolute Gasteiger partial charge is 0.392 e. The Kier molecular flexibility index (Phi) is 5.03. The molecule has 0 saturated carbocycles. The van der Waals surface area contributed by atoms with E-state index in [0.717, 1.165) is 10.5 Å². The summed E-state index contributed by atoms with van der Waals surface area (Å²) in [5, 5.41) is 15.1. The van der Waals surface area contributed by atoms with Gasteiger partial charge in [-0.25, -0.2) is 0 Å². The molecule has 1 aliphatic rings. The molecule has 1 fully saturated rings. The van der Waals surface area contributed by atoms with Crippen molar-refractivity contribution in [2.75, 3.05) is 12.8 Å². The monoisotopic (exact) mass is 294 g/mol. The van der Waals surface area contributed by atoms with Crippen molar-refractivity contribution >= 4 is 23.6 Å². The van der Waals surface area contributed by atoms with Crippen LogP contribution in [0.3, 0.4) is 0 Å². The maximum Gasteiger partial charge on any atom is 0.235 e. The lowest BCUT2D eigenvalue weighted by molar-refractivity contribution is -0.142. The van der Waals surface area contributed by atoms with Crippen molar-refractivity contribution in [3.05, 3.63) is 29.8 Å². The van der Waals surface area contributed by atoms with Gasteiger partial charge in [0.1, 0.15) is 5.92 Å². The fourth-order valence-corrected chi connectivity index (χ4v) is 2.85. The van der Waals surface area contributed by atoms with Crippen molar-refractivity contribution in [2.45, 2.75) is 24.0 Å². The van der Waals surface area contributed by atoms with Gasteiger partial charge in [-0.05, 0) is 24.3 Å². The molecule has 108 valence electrons. The van der Waals surface area contributed by atoms with Crippen LogP contribution in [0, 0.1) is 5.92 Å². The van der Waals surface area contributed by atoms with Gasteiger partial charge < -0.3 is 15.7 Å². The highest BCUT2D eigenvalue weighted by Gasteiger charge is 2.36. The van der Waals surface area contributed by atoms with Gasteiger partial charge in [0, 0.05) is 18.0 Å². The molecule has 0 radical (unpaired) electrons. The number of hydrogen-bond donors (Lipinski definition) is 3. The first kappa shape index (κ1) is 14.9. The number of hydrogen-bond acceptors (Lipinski definition) is 4. The molecule has 1 saturated heterocycles. The molecule has 0 spiro atoms. The molecule has 1 aromatic carbocycles. The molecule has 6 heteroatoms. The topological polar surface area (TPSA) is 78.4 Å². The van der Waals surface area contributed by atoms with Gasteiger partial charge >= 0.3 is 0 Å². The van der Waals surface area contributed by atoms with Crippen LogP contribution in [0.15, 0.2) is 29.2 Å². The van der Waals surface area contributed by atoms with E-state index in [9.17, 15) is 14.7 Å². The normalized spacial score (nSPS) is 22.2. The molecule has 1 heterocycles. The molecule has 3 N–H and O–H groups in total. The SMILES string of the molecule is CSc1ccccc1CNC(=O)C1C(=O)NCCC1O. The first-order chi connectivity index (χ1) is 9.63. The quantitative estimate of drug-likeness (QED) is 0.559. The Morgan fingerprint density at radius 1 is 1.50 bits per heavy atom. The maximum atomic E-state index is 12.1. The van der Waals surface area contributed by atoms with E-state index in [1.165, 1.54) is 0 Å². The van der Waals surface area contributed by atoms with E-state index < -0.39 is 23.8 Å². The van der Waals surface area contributed by atoms with Gasteiger partial charge in [-0.1, -0.05) is 18.2 Å². The number of piperidine rings is 1. The molecule has 2 rings (SSSR count). The lowest BCUT2D eigenvalue weighted by Crippen LogP contribution is -2.51. The lowest BCUT2D eigenvalue weighted by atomic mass is 9.94. The van der Waals surface area contributed by atoms with E-state index in [-0.39, 0.29) is 0 Å². The maximum absolute atomic E-state index is 12.1. The minimum absolute atomic E-state index is 0.354. The van der Waals surface area contributed by atoms with Crippen LogP contribution in [0.1, 0.15) is 12.0 Å². The van der Waals surface area contributed by atoms with Crippen LogP contribution < -0.4 is 10.6 Å². The van der Waals surface area contributed by atoms with Gasteiger partial charge in [-0.2, -0.15) is 0 Å². The van der Waals surface area contributed by atoms with E-state index in [1.54, 1.807) is 11.8 Å². The van der Waals surface area contributed by atoms with Gasteiger partial charge in [0.25, 0.3) is 0 Å². The number of carbonyl (C=O) groups excluding carboxylic acids is 2. The number of rotatable bonds is 4. The molecule has 0 aromatic heterocycles. The molecular formula is C14H18N2O3S. The Labute approximate surface area is 122 Å². The number of aliphatic hydroxyl groups excluding tert-OH is 1. The number of nitrogens with one attached hydrogen (secondary N) is 2. The third kappa shape index (κ3) is 3.32. The molecule has 1 aliphatic heterocycles. The van der Waals surface area contributed by atoms with E-state index in [1.807, 2.05) is 30.5 Å². The van der Waals surface area contributed by atoms with Crippen molar-refractivity contribution in [3.63, 3.8) is 0 Å². The Hall–Kier alpha value is -1.53. The summed E-state index contributed by atoms with van der Waals surface area (Å²) < 4.78 is 0. The van der Waals surface area contributed by atoms with E-state index in [4.69, 9.17) is 0 Å². The molecule has 0 bridgehead atoms. The highest BCUT2D eigenvalue weighted by molar-refractivity contribution is 7.98. The average Bonchev–Trinajstić information content (AvgIpc) is 2.45. The van der Waals surface area contributed by atoms with Gasteiger partial charge in [-0.3, -0.25) is 9.59 Å². The molecule has 5 nitrogen and oxygen atoms in total. The van der Waals surface area contributed by atoms with Crippen molar-refractivity contribution in [2.24, 2.45) is 5.92 Å². The van der Waals surface area contributed by atoms with Crippen LogP contribution in [-0.2, 0) is 16.1 Å². The smallest absolute Gasteiger partial charge is 0.235 e. The third-order valence-electron chi connectivity index (χ3n) is 3.33. The standard InChI is InChI=1S/C14H18N2O3S/c1-20-11-5-3-2-4-9(11)8-16-14(19)12-10(17)6-7-15-13(12)18/h2-5,10,12,17H,6-8H2,1H3,(H,15,18)(H,16,19). The molecule has 20 heavy (non-hydrogen) atoms. The van der Waals surface area contributed by atoms with Gasteiger partial charge in [-0.15, -0.1) is 11.8 Å². The Morgan fingerprint density at radius 2 is 2.25 bits per heavy atom. The number of aliphatic hydroxyl groups is 1. The summed E-state index contributed by atoms with van der Waals surface area (Å²) in [6.07, 6.45) is 1.48. The predicted molar refractivity (Wildman–Crippen MR) is 77.2 cm³/mol. The number of benzene rings is 1. The lowest BCUT2D eigenvalue weighted by Gasteiger charge is -2.26. The molecule has 0 aliphatic carbocycles. The Bertz CT molecular complexity index is 507. The van der Waals surface area contributed by atoms with Gasteiger partial charge in [0.05, 0.1) is 6.10 Å². The predicted octanol–water partition coefficient (Wildman–Crippen LogP) is 0.522.